The summed E-state index contributed by atoms with van der Waals surface area (Å²) in [5, 5.41) is 0. The predicted molar refractivity (Wildman–Crippen MR) is 79.4 cm³/mol. The van der Waals surface area contributed by atoms with Crippen LogP contribution in [-0.2, 0) is 9.53 Å². The number of ether oxygens (including phenoxy) is 1. The summed E-state index contributed by atoms with van der Waals surface area (Å²) in [6.07, 6.45) is 7.61. The van der Waals surface area contributed by atoms with Crippen molar-refractivity contribution in [3.8, 4) is 0 Å². The maximum absolute atomic E-state index is 11.7. The molecule has 17 heavy (non-hydrogen) atoms. The molecule has 0 aliphatic heterocycles. The van der Waals surface area contributed by atoms with Crippen LogP contribution in [0.1, 0.15) is 40.0 Å². The fourth-order valence-corrected chi connectivity index (χ4v) is 9.73. The van der Waals surface area contributed by atoms with Gasteiger partial charge >= 0.3 is 110 Å². The van der Waals surface area contributed by atoms with E-state index in [0.717, 1.165) is 37.7 Å². The Labute approximate surface area is 110 Å². The number of carbonyl (C=O) groups is 1. The summed E-state index contributed by atoms with van der Waals surface area (Å²) in [5.41, 5.74) is 0. The van der Waals surface area contributed by atoms with Crippen LogP contribution >= 0.6 is 17.2 Å². The minimum atomic E-state index is -2.43. The quantitative estimate of drug-likeness (QED) is 0.350. The second kappa shape index (κ2) is 7.38. The Balaban J connectivity index is 5.00. The van der Waals surface area contributed by atoms with E-state index in [4.69, 9.17) is 16.0 Å². The Bertz CT molecular complexity index is 246. The summed E-state index contributed by atoms with van der Waals surface area (Å²) in [4.78, 5) is 11.7. The molecule has 0 aromatic carbocycles. The zero-order chi connectivity index (χ0) is 13.4. The molecule has 0 fully saturated rings. The summed E-state index contributed by atoms with van der Waals surface area (Å²) >= 11 is 7.02. The minimum absolute atomic E-state index is 0.219. The average Bonchev–Trinajstić information content (AvgIpc) is 2.17. The van der Waals surface area contributed by atoms with Gasteiger partial charge in [0.1, 0.15) is 0 Å². The van der Waals surface area contributed by atoms with Crippen molar-refractivity contribution in [2.24, 2.45) is 0 Å². The molecule has 0 aliphatic carbocycles. The first-order valence-electron chi connectivity index (χ1n) is 6.46. The van der Waals surface area contributed by atoms with Crippen LogP contribution in [-0.4, -0.2) is 30.6 Å². The zero-order valence-electron chi connectivity index (χ0n) is 11.4. The van der Waals surface area contributed by atoms with Gasteiger partial charge in [0.15, 0.2) is 0 Å². The van der Waals surface area contributed by atoms with Crippen LogP contribution in [0.4, 0.5) is 0 Å². The topological polar surface area (TPSA) is 26.3 Å². The second-order valence-electron chi connectivity index (χ2n) is 4.81. The van der Waals surface area contributed by atoms with Crippen LogP contribution in [0, 0.1) is 0 Å². The number of hydrogen-bond acceptors (Lipinski definition) is 2. The molecule has 0 heterocycles. The second-order valence-corrected chi connectivity index (χ2v) is 13.0. The molecule has 0 saturated heterocycles. The summed E-state index contributed by atoms with van der Waals surface area (Å²) in [6, 6.07) is 0. The van der Waals surface area contributed by atoms with E-state index in [9.17, 15) is 4.79 Å². The first kappa shape index (κ1) is 16.9. The summed E-state index contributed by atoms with van der Waals surface area (Å²) < 4.78 is 4.87. The van der Waals surface area contributed by atoms with E-state index < -0.39 is 5.96 Å². The van der Waals surface area contributed by atoms with Gasteiger partial charge in [0, 0.05) is 0 Å². The Morgan fingerprint density at radius 3 is 1.88 bits per heavy atom. The zero-order valence-corrected chi connectivity index (χ0v) is 13.0. The summed E-state index contributed by atoms with van der Waals surface area (Å²) in [5.74, 6) is -2.65. The fraction of sp³-hybridized carbons (Fsp3) is 0.769. The summed E-state index contributed by atoms with van der Waals surface area (Å²) in [7, 11) is 0. The average molecular weight is 281 g/mol. The van der Waals surface area contributed by atoms with Crippen LogP contribution in [0.2, 0.25) is 0 Å². The number of hydrogen-bond donors (Lipinski definition) is 0. The van der Waals surface area contributed by atoms with Crippen molar-refractivity contribution < 1.29 is 9.53 Å². The molecule has 0 atom stereocenters. The molecule has 4 heteroatoms. The molecule has 0 unspecified atom stereocenters. The molecule has 102 valence electrons. The van der Waals surface area contributed by atoms with Crippen LogP contribution in [0.5, 0.6) is 0 Å². The van der Waals surface area contributed by atoms with E-state index in [1.807, 2.05) is 0 Å². The Hall–Kier alpha value is -0.0700. The van der Waals surface area contributed by atoms with Gasteiger partial charge in [-0.1, -0.05) is 0 Å². The molecule has 0 aromatic heterocycles. The number of esters is 1. The van der Waals surface area contributed by atoms with E-state index in [0.29, 0.717) is 6.16 Å². The van der Waals surface area contributed by atoms with E-state index in [2.05, 4.69) is 27.4 Å². The fourth-order valence-electron chi connectivity index (χ4n) is 2.70. The molecule has 0 aliphatic rings. The number of carbonyl (C=O) groups excluding carboxylic acids is 1. The van der Waals surface area contributed by atoms with E-state index in [1.54, 1.807) is 0 Å². The van der Waals surface area contributed by atoms with Crippen LogP contribution in [0.15, 0.2) is 12.8 Å². The normalized spacial score (nSPS) is 13.8. The molecule has 0 spiro atoms. The van der Waals surface area contributed by atoms with Crippen LogP contribution in [0.25, 0.3) is 0 Å². The van der Waals surface area contributed by atoms with Crippen LogP contribution in [0.3, 0.4) is 0 Å². The van der Waals surface area contributed by atoms with Crippen molar-refractivity contribution in [3.05, 3.63) is 12.8 Å². The molecule has 0 amide bonds. The molecule has 0 radical (unpaired) electrons. The maximum atomic E-state index is 11.7. The third kappa shape index (κ3) is 5.40. The first-order valence-corrected chi connectivity index (χ1v) is 10.3. The van der Waals surface area contributed by atoms with Crippen molar-refractivity contribution in [2.45, 2.75) is 40.0 Å². The molecule has 0 saturated carbocycles. The van der Waals surface area contributed by atoms with Gasteiger partial charge in [0.05, 0.1) is 0 Å². The summed E-state index contributed by atoms with van der Waals surface area (Å²) in [6.45, 7) is 9.82. The van der Waals surface area contributed by atoms with Gasteiger partial charge in [-0.2, -0.15) is 0 Å². The van der Waals surface area contributed by atoms with Gasteiger partial charge in [-0.3, -0.25) is 0 Å². The first-order chi connectivity index (χ1) is 7.93. The number of rotatable bonds is 9. The Morgan fingerprint density at radius 1 is 1.18 bits per heavy atom. The predicted octanol–water partition coefficient (Wildman–Crippen LogP) is 4.61. The van der Waals surface area contributed by atoms with Crippen molar-refractivity contribution in [3.63, 3.8) is 0 Å². The molecular formula is C13H26ClO2P. The van der Waals surface area contributed by atoms with E-state index >= 15 is 0 Å². The Kier molecular flexibility index (Phi) is 7.35. The molecule has 0 N–H and O–H groups in total. The van der Waals surface area contributed by atoms with E-state index in [-0.39, 0.29) is 5.97 Å². The molecule has 0 rings (SSSR count). The van der Waals surface area contributed by atoms with Gasteiger partial charge in [0.25, 0.3) is 0 Å². The van der Waals surface area contributed by atoms with Gasteiger partial charge in [-0.25, -0.2) is 0 Å². The number of halogens is 1. The monoisotopic (exact) mass is 280 g/mol. The van der Waals surface area contributed by atoms with Crippen LogP contribution < -0.4 is 0 Å². The third-order valence-corrected chi connectivity index (χ3v) is 10.7. The van der Waals surface area contributed by atoms with Crippen molar-refractivity contribution in [2.75, 3.05) is 24.6 Å². The molecule has 2 nitrogen and oxygen atoms in total. The molecule has 0 aromatic rings. The SMILES string of the molecule is C=COC(=O)CP(Cl)(CCC)(CCC)CCC. The third-order valence-electron chi connectivity index (χ3n) is 3.09. The Morgan fingerprint density at radius 2 is 1.59 bits per heavy atom. The van der Waals surface area contributed by atoms with Crippen molar-refractivity contribution >= 4 is 23.2 Å². The standard InChI is InChI=1S/C13H26ClO2P/c1-5-9-17(14,10-6-2,11-7-3)12-13(15)16-8-4/h8H,4-7,9-12H2,1-3H3. The van der Waals surface area contributed by atoms with Gasteiger partial charge in [-0.05, 0) is 0 Å². The van der Waals surface area contributed by atoms with Crippen molar-refractivity contribution in [1.82, 2.24) is 0 Å². The van der Waals surface area contributed by atoms with Crippen molar-refractivity contribution in [1.29, 1.82) is 0 Å². The van der Waals surface area contributed by atoms with Gasteiger partial charge in [0.2, 0.25) is 0 Å². The van der Waals surface area contributed by atoms with Gasteiger partial charge < -0.3 is 0 Å². The molecular weight excluding hydrogens is 255 g/mol. The van der Waals surface area contributed by atoms with Gasteiger partial charge in [-0.15, -0.1) is 0 Å². The molecule has 0 bridgehead atoms. The van der Waals surface area contributed by atoms with E-state index in [1.165, 1.54) is 6.26 Å².